The third-order valence-electron chi connectivity index (χ3n) is 5.48. The first kappa shape index (κ1) is 26.5. The van der Waals surface area contributed by atoms with Crippen LogP contribution in [0.4, 0.5) is 5.82 Å². The second-order valence-corrected chi connectivity index (χ2v) is 9.51. The van der Waals surface area contributed by atoms with E-state index in [0.717, 1.165) is 23.4 Å². The summed E-state index contributed by atoms with van der Waals surface area (Å²) in [6, 6.07) is 6.07. The number of carbonyl (C=O) groups is 1. The van der Waals surface area contributed by atoms with Gasteiger partial charge in [0, 0.05) is 7.05 Å². The van der Waals surface area contributed by atoms with Crippen LogP contribution in [0.2, 0.25) is 0 Å². The molecule has 182 valence electrons. The van der Waals surface area contributed by atoms with E-state index in [1.54, 1.807) is 11.6 Å². The summed E-state index contributed by atoms with van der Waals surface area (Å²) in [5, 5.41) is 33.2. The van der Waals surface area contributed by atoms with Crippen molar-refractivity contribution in [1.82, 2.24) is 14.6 Å². The lowest BCUT2D eigenvalue weighted by molar-refractivity contribution is -0.153. The molecule has 10 heteroatoms. The Labute approximate surface area is 194 Å². The van der Waals surface area contributed by atoms with Gasteiger partial charge in [-0.3, -0.25) is 4.79 Å². The zero-order valence-corrected chi connectivity index (χ0v) is 20.3. The van der Waals surface area contributed by atoms with Crippen LogP contribution in [0, 0.1) is 16.7 Å². The number of aromatic nitrogens is 3. The van der Waals surface area contributed by atoms with E-state index in [0.29, 0.717) is 19.3 Å². The van der Waals surface area contributed by atoms with Gasteiger partial charge >= 0.3 is 5.97 Å². The Morgan fingerprint density at radius 3 is 2.64 bits per heavy atom. The number of anilines is 1. The van der Waals surface area contributed by atoms with Crippen LogP contribution in [-0.2, 0) is 14.3 Å². The number of carbonyl (C=O) groups excluding carboxylic acids is 1. The van der Waals surface area contributed by atoms with Crippen molar-refractivity contribution in [3.63, 3.8) is 0 Å². The molecule has 2 aromatic heterocycles. The van der Waals surface area contributed by atoms with E-state index in [2.05, 4.69) is 21.5 Å². The van der Waals surface area contributed by atoms with E-state index in [4.69, 9.17) is 19.7 Å². The van der Waals surface area contributed by atoms with Crippen LogP contribution in [0.25, 0.3) is 5.52 Å². The Kier molecular flexibility index (Phi) is 8.41. The van der Waals surface area contributed by atoms with Crippen molar-refractivity contribution in [2.75, 3.05) is 19.0 Å². The molecule has 10 nitrogen and oxygen atoms in total. The first-order chi connectivity index (χ1) is 15.3. The van der Waals surface area contributed by atoms with Gasteiger partial charge in [-0.25, -0.2) is 9.50 Å². The first-order valence-electron chi connectivity index (χ1n) is 11.0. The second-order valence-electron chi connectivity index (χ2n) is 9.51. The number of fused-ring (bicyclic) bond motifs is 1. The Balaban J connectivity index is 0.000000696. The summed E-state index contributed by atoms with van der Waals surface area (Å²) < 4.78 is 13.3. The molecule has 3 rings (SSSR count). The molecule has 0 radical (unpaired) electrons. The average molecular weight is 462 g/mol. The molecule has 0 saturated carbocycles. The van der Waals surface area contributed by atoms with Gasteiger partial charge in [-0.05, 0) is 44.2 Å². The van der Waals surface area contributed by atoms with Crippen LogP contribution in [-0.4, -0.2) is 55.8 Å². The topological polar surface area (TPSA) is 142 Å². The van der Waals surface area contributed by atoms with Crippen LogP contribution in [0.5, 0.6) is 0 Å². The molecule has 1 saturated heterocycles. The summed E-state index contributed by atoms with van der Waals surface area (Å²) in [6.07, 6.45) is 3.52. The zero-order valence-electron chi connectivity index (χ0n) is 20.3. The predicted molar refractivity (Wildman–Crippen MR) is 122 cm³/mol. The smallest absolute Gasteiger partial charge is 0.306 e. The Morgan fingerprint density at radius 2 is 2.06 bits per heavy atom. The Bertz CT molecular complexity index is 985. The molecule has 3 N–H and O–H groups in total. The molecule has 0 amide bonds. The van der Waals surface area contributed by atoms with E-state index in [1.165, 1.54) is 20.2 Å². The fraction of sp³-hybridized carbons (Fsp3) is 0.652. The second kappa shape index (κ2) is 10.5. The molecular weight excluding hydrogens is 426 g/mol. The van der Waals surface area contributed by atoms with Gasteiger partial charge in [0.2, 0.25) is 0 Å². The van der Waals surface area contributed by atoms with E-state index < -0.39 is 11.4 Å². The maximum atomic E-state index is 12.2. The molecular formula is C23H35N5O5. The minimum absolute atomic E-state index is 0.0569. The maximum absolute atomic E-state index is 12.2. The summed E-state index contributed by atoms with van der Waals surface area (Å²) in [6.45, 7) is 8.63. The lowest BCUT2D eigenvalue weighted by Crippen LogP contribution is -2.34. The standard InChI is InChI=1S/C20H27N5O3.C3H8O2/c1-5-19(2,3)10-17(26)27-12-20(11-21)9-8-16(28-20)14-6-7-15-18(22-4)23-13-24-25(14)15;1-3(2,4)5/h6-7,13,16H,5,8-10,12H2,1-4H3,(H,22,23,24);4-5H,1-2H3/t16-,20-;/m1./s1. The van der Waals surface area contributed by atoms with Crippen LogP contribution in [0.1, 0.15) is 72.1 Å². The van der Waals surface area contributed by atoms with Crippen LogP contribution < -0.4 is 5.32 Å². The molecule has 1 aliphatic heterocycles. The summed E-state index contributed by atoms with van der Waals surface area (Å²) in [7, 11) is 1.80. The Hall–Kier alpha value is -2.74. The van der Waals surface area contributed by atoms with Crippen LogP contribution in [0.3, 0.4) is 0 Å². The molecule has 0 spiro atoms. The van der Waals surface area contributed by atoms with E-state index in [-0.39, 0.29) is 24.1 Å². The van der Waals surface area contributed by atoms with Gasteiger partial charge in [-0.15, -0.1) is 0 Å². The lowest BCUT2D eigenvalue weighted by Gasteiger charge is -2.24. The first-order valence-corrected chi connectivity index (χ1v) is 11.0. The highest BCUT2D eigenvalue weighted by molar-refractivity contribution is 5.70. The lowest BCUT2D eigenvalue weighted by atomic mass is 9.87. The number of nitrogens with zero attached hydrogens (tertiary/aromatic N) is 4. The largest absolute Gasteiger partial charge is 0.461 e. The summed E-state index contributed by atoms with van der Waals surface area (Å²) in [5.74, 6) is -1.08. The van der Waals surface area contributed by atoms with Crippen LogP contribution >= 0.6 is 0 Å². The molecule has 0 aromatic carbocycles. The Morgan fingerprint density at radius 1 is 1.39 bits per heavy atom. The van der Waals surface area contributed by atoms with Crippen molar-refractivity contribution in [2.45, 2.75) is 77.8 Å². The third-order valence-corrected chi connectivity index (χ3v) is 5.48. The maximum Gasteiger partial charge on any atom is 0.306 e. The van der Waals surface area contributed by atoms with Crippen molar-refractivity contribution in [3.8, 4) is 6.07 Å². The number of hydrogen-bond donors (Lipinski definition) is 3. The quantitative estimate of drug-likeness (QED) is 0.419. The highest BCUT2D eigenvalue weighted by atomic mass is 16.6. The summed E-state index contributed by atoms with van der Waals surface area (Å²) in [4.78, 5) is 16.4. The van der Waals surface area contributed by atoms with E-state index in [1.807, 2.05) is 32.9 Å². The van der Waals surface area contributed by atoms with Gasteiger partial charge in [0.1, 0.15) is 30.6 Å². The zero-order chi connectivity index (χ0) is 24.9. The molecule has 0 bridgehead atoms. The monoisotopic (exact) mass is 461 g/mol. The molecule has 1 aliphatic rings. The molecule has 3 heterocycles. The van der Waals surface area contributed by atoms with Gasteiger partial charge in [-0.2, -0.15) is 10.4 Å². The number of hydrogen-bond acceptors (Lipinski definition) is 9. The van der Waals surface area contributed by atoms with Crippen LogP contribution in [0.15, 0.2) is 18.5 Å². The number of esters is 1. The number of ether oxygens (including phenoxy) is 2. The SMILES string of the molecule is CC(C)(O)O.CCC(C)(C)CC(=O)OC[C@]1(C#N)CC[C@H](c2ccc3c(NC)ncnn23)O1. The van der Waals surface area contributed by atoms with E-state index >= 15 is 0 Å². The van der Waals surface area contributed by atoms with E-state index in [9.17, 15) is 10.1 Å². The van der Waals surface area contributed by atoms with Crippen molar-refractivity contribution in [2.24, 2.45) is 5.41 Å². The van der Waals surface area contributed by atoms with Crippen molar-refractivity contribution in [1.29, 1.82) is 5.26 Å². The molecule has 1 fully saturated rings. The minimum atomic E-state index is -1.50. The third kappa shape index (κ3) is 7.39. The van der Waals surface area contributed by atoms with Gasteiger partial charge in [-0.1, -0.05) is 27.2 Å². The highest BCUT2D eigenvalue weighted by Gasteiger charge is 2.43. The number of nitrogens with one attached hydrogen (secondary N) is 1. The van der Waals surface area contributed by atoms with Gasteiger partial charge in [0.05, 0.1) is 12.1 Å². The minimum Gasteiger partial charge on any atom is -0.461 e. The van der Waals surface area contributed by atoms with Crippen molar-refractivity contribution in [3.05, 3.63) is 24.2 Å². The van der Waals surface area contributed by atoms with Crippen molar-refractivity contribution < 1.29 is 24.5 Å². The number of rotatable bonds is 7. The average Bonchev–Trinajstić information content (AvgIpc) is 3.35. The van der Waals surface area contributed by atoms with Gasteiger partial charge in [0.25, 0.3) is 0 Å². The van der Waals surface area contributed by atoms with Crippen molar-refractivity contribution >= 4 is 17.3 Å². The molecule has 0 unspecified atom stereocenters. The van der Waals surface area contributed by atoms with Gasteiger partial charge in [0.15, 0.2) is 17.2 Å². The fourth-order valence-corrected chi connectivity index (χ4v) is 3.34. The predicted octanol–water partition coefficient (Wildman–Crippen LogP) is 2.96. The number of aliphatic hydroxyl groups is 2. The molecule has 2 atom stereocenters. The molecule has 2 aromatic rings. The summed E-state index contributed by atoms with van der Waals surface area (Å²) >= 11 is 0. The fourth-order valence-electron chi connectivity index (χ4n) is 3.34. The normalized spacial score (nSPS) is 20.6. The molecule has 0 aliphatic carbocycles. The highest BCUT2D eigenvalue weighted by Crippen LogP contribution is 2.40. The summed E-state index contributed by atoms with van der Waals surface area (Å²) in [5.41, 5.74) is 0.446. The molecule has 33 heavy (non-hydrogen) atoms. The number of nitriles is 1. The van der Waals surface area contributed by atoms with Gasteiger partial charge < -0.3 is 25.0 Å².